The van der Waals surface area contributed by atoms with E-state index in [1.54, 1.807) is 0 Å². The normalized spacial score (nSPS) is 14.2. The molecule has 0 saturated heterocycles. The van der Waals surface area contributed by atoms with Gasteiger partial charge in [-0.15, -0.1) is 0 Å². The maximum absolute atomic E-state index is 13.2. The lowest BCUT2D eigenvalue weighted by atomic mass is 10.0. The number of unbranched alkanes of at least 4 members (excludes halogenated alkanes) is 1. The average molecular weight is 522 g/mol. The number of carboxylic acid groups (broad SMARTS) is 2. The van der Waals surface area contributed by atoms with Gasteiger partial charge in [0.2, 0.25) is 17.7 Å². The first kappa shape index (κ1) is 31.5. The number of carboxylic acids is 2. The SMILES string of the molecule is CC(C)CC(NC(=O)C(N)Cc1ccccc1)C(=O)NC(CCCCN)C(=O)NC(CC(=O)O)C(=O)O. The lowest BCUT2D eigenvalue weighted by Crippen LogP contribution is -2.57. The summed E-state index contributed by atoms with van der Waals surface area (Å²) in [5.74, 6) is -4.90. The van der Waals surface area contributed by atoms with Crippen LogP contribution in [-0.4, -0.2) is 70.6 Å². The van der Waals surface area contributed by atoms with Crippen molar-refractivity contribution in [3.05, 3.63) is 35.9 Å². The van der Waals surface area contributed by atoms with E-state index in [0.717, 1.165) is 5.56 Å². The highest BCUT2D eigenvalue weighted by Gasteiger charge is 2.31. The minimum atomic E-state index is -1.67. The number of hydrogen-bond acceptors (Lipinski definition) is 7. The molecule has 206 valence electrons. The van der Waals surface area contributed by atoms with Crippen LogP contribution in [0.3, 0.4) is 0 Å². The Labute approximate surface area is 216 Å². The fourth-order valence-electron chi connectivity index (χ4n) is 3.62. The van der Waals surface area contributed by atoms with Crippen LogP contribution in [0.25, 0.3) is 0 Å². The minimum absolute atomic E-state index is 0.0119. The van der Waals surface area contributed by atoms with E-state index >= 15 is 0 Å². The molecule has 1 aromatic carbocycles. The molecule has 0 aliphatic rings. The van der Waals surface area contributed by atoms with E-state index in [4.69, 9.17) is 16.6 Å². The molecule has 0 heterocycles. The molecule has 3 amide bonds. The predicted octanol–water partition coefficient (Wildman–Crippen LogP) is -0.255. The van der Waals surface area contributed by atoms with Gasteiger partial charge in [0, 0.05) is 0 Å². The predicted molar refractivity (Wildman–Crippen MR) is 136 cm³/mol. The third-order valence-corrected chi connectivity index (χ3v) is 5.55. The summed E-state index contributed by atoms with van der Waals surface area (Å²) in [5, 5.41) is 25.6. The Morgan fingerprint density at radius 3 is 1.95 bits per heavy atom. The van der Waals surface area contributed by atoms with Crippen LogP contribution in [0.1, 0.15) is 51.5 Å². The fraction of sp³-hybridized carbons (Fsp3) is 0.560. The average Bonchev–Trinajstić information content (AvgIpc) is 2.82. The molecule has 0 radical (unpaired) electrons. The molecule has 0 spiro atoms. The molecule has 0 fully saturated rings. The van der Waals surface area contributed by atoms with Crippen LogP contribution in [-0.2, 0) is 30.4 Å². The summed E-state index contributed by atoms with van der Waals surface area (Å²) in [6, 6.07) is 4.47. The van der Waals surface area contributed by atoms with Gasteiger partial charge in [-0.3, -0.25) is 19.2 Å². The molecule has 4 atom stereocenters. The first-order valence-corrected chi connectivity index (χ1v) is 12.3. The molecule has 9 N–H and O–H groups in total. The van der Waals surface area contributed by atoms with E-state index in [1.807, 2.05) is 44.2 Å². The van der Waals surface area contributed by atoms with Gasteiger partial charge in [-0.05, 0) is 50.1 Å². The zero-order chi connectivity index (χ0) is 28.0. The van der Waals surface area contributed by atoms with Crippen molar-refractivity contribution >= 4 is 29.7 Å². The molecule has 0 aromatic heterocycles. The van der Waals surface area contributed by atoms with Gasteiger partial charge in [0.15, 0.2) is 0 Å². The molecule has 0 aliphatic carbocycles. The summed E-state index contributed by atoms with van der Waals surface area (Å²) in [7, 11) is 0. The van der Waals surface area contributed by atoms with Gasteiger partial charge < -0.3 is 37.6 Å². The molecule has 0 aliphatic heterocycles. The lowest BCUT2D eigenvalue weighted by molar-refractivity contribution is -0.147. The first-order chi connectivity index (χ1) is 17.4. The third-order valence-electron chi connectivity index (χ3n) is 5.55. The van der Waals surface area contributed by atoms with Crippen LogP contribution in [0.2, 0.25) is 0 Å². The Kier molecular flexibility index (Phi) is 13.9. The monoisotopic (exact) mass is 521 g/mol. The first-order valence-electron chi connectivity index (χ1n) is 12.3. The standard InChI is InChI=1S/C25H39N5O7/c1-15(2)12-19(29-22(33)17(27)13-16-8-4-3-5-9-16)24(35)28-18(10-6-7-11-26)23(34)30-20(25(36)37)14-21(31)32/h3-5,8-9,15,17-20H,6-7,10-14,26-27H2,1-2H3,(H,28,35)(H,29,33)(H,30,34)(H,31,32)(H,36,37). The summed E-state index contributed by atoms with van der Waals surface area (Å²) < 4.78 is 0. The summed E-state index contributed by atoms with van der Waals surface area (Å²) in [6.45, 7) is 4.08. The van der Waals surface area contributed by atoms with E-state index in [2.05, 4.69) is 16.0 Å². The zero-order valence-corrected chi connectivity index (χ0v) is 21.3. The molecule has 0 bridgehead atoms. The Balaban J connectivity index is 2.97. The van der Waals surface area contributed by atoms with E-state index in [0.29, 0.717) is 19.4 Å². The summed E-state index contributed by atoms with van der Waals surface area (Å²) in [6.07, 6.45) is 0.864. The molecule has 4 unspecified atom stereocenters. The van der Waals surface area contributed by atoms with Crippen molar-refractivity contribution in [1.82, 2.24) is 16.0 Å². The topological polar surface area (TPSA) is 214 Å². The number of carbonyl (C=O) groups is 5. The molecule has 0 saturated carbocycles. The lowest BCUT2D eigenvalue weighted by Gasteiger charge is -2.26. The quantitative estimate of drug-likeness (QED) is 0.134. The summed E-state index contributed by atoms with van der Waals surface area (Å²) >= 11 is 0. The van der Waals surface area contributed by atoms with Gasteiger partial charge >= 0.3 is 11.9 Å². The van der Waals surface area contributed by atoms with Crippen molar-refractivity contribution in [3.63, 3.8) is 0 Å². The second kappa shape index (κ2) is 16.3. The summed E-state index contributed by atoms with van der Waals surface area (Å²) in [4.78, 5) is 61.1. The Hall–Kier alpha value is -3.51. The van der Waals surface area contributed by atoms with Crippen LogP contribution in [0.4, 0.5) is 0 Å². The molecule has 1 rings (SSSR count). The number of aliphatic carboxylic acids is 2. The van der Waals surface area contributed by atoms with Gasteiger partial charge in [-0.1, -0.05) is 44.2 Å². The van der Waals surface area contributed by atoms with E-state index in [1.165, 1.54) is 0 Å². The number of carbonyl (C=O) groups excluding carboxylic acids is 3. The van der Waals surface area contributed by atoms with Gasteiger partial charge in [0.1, 0.15) is 18.1 Å². The number of hydrogen-bond donors (Lipinski definition) is 7. The van der Waals surface area contributed by atoms with Crippen molar-refractivity contribution in [1.29, 1.82) is 0 Å². The number of nitrogens with two attached hydrogens (primary N) is 2. The highest BCUT2D eigenvalue weighted by atomic mass is 16.4. The highest BCUT2D eigenvalue weighted by Crippen LogP contribution is 2.09. The van der Waals surface area contributed by atoms with Gasteiger partial charge in [0.25, 0.3) is 0 Å². The van der Waals surface area contributed by atoms with Crippen LogP contribution in [0, 0.1) is 5.92 Å². The maximum Gasteiger partial charge on any atom is 0.326 e. The molecular weight excluding hydrogens is 482 g/mol. The second-order valence-corrected chi connectivity index (χ2v) is 9.33. The Morgan fingerprint density at radius 2 is 1.41 bits per heavy atom. The zero-order valence-electron chi connectivity index (χ0n) is 21.3. The largest absolute Gasteiger partial charge is 0.481 e. The van der Waals surface area contributed by atoms with Crippen molar-refractivity contribution < 1.29 is 34.2 Å². The number of benzene rings is 1. The van der Waals surface area contributed by atoms with Crippen LogP contribution in [0.5, 0.6) is 0 Å². The summed E-state index contributed by atoms with van der Waals surface area (Å²) in [5.41, 5.74) is 12.4. The van der Waals surface area contributed by atoms with Gasteiger partial charge in [-0.25, -0.2) is 4.79 Å². The van der Waals surface area contributed by atoms with Crippen molar-refractivity contribution in [2.75, 3.05) is 6.54 Å². The maximum atomic E-state index is 13.2. The third kappa shape index (κ3) is 12.3. The van der Waals surface area contributed by atoms with Crippen LogP contribution < -0.4 is 27.4 Å². The smallest absolute Gasteiger partial charge is 0.326 e. The molecule has 12 heteroatoms. The second-order valence-electron chi connectivity index (χ2n) is 9.33. The van der Waals surface area contributed by atoms with Crippen LogP contribution in [0.15, 0.2) is 30.3 Å². The minimum Gasteiger partial charge on any atom is -0.481 e. The molecule has 37 heavy (non-hydrogen) atoms. The van der Waals surface area contributed by atoms with Crippen LogP contribution >= 0.6 is 0 Å². The van der Waals surface area contributed by atoms with Gasteiger partial charge in [0.05, 0.1) is 12.5 Å². The number of nitrogens with one attached hydrogen (secondary N) is 3. The Morgan fingerprint density at radius 1 is 0.838 bits per heavy atom. The van der Waals surface area contributed by atoms with Gasteiger partial charge in [-0.2, -0.15) is 0 Å². The number of rotatable bonds is 17. The molecule has 12 nitrogen and oxygen atoms in total. The Bertz CT molecular complexity index is 910. The van der Waals surface area contributed by atoms with E-state index in [-0.39, 0.29) is 25.2 Å². The highest BCUT2D eigenvalue weighted by molar-refractivity contribution is 5.94. The van der Waals surface area contributed by atoms with Crippen molar-refractivity contribution in [2.45, 2.75) is 76.5 Å². The van der Waals surface area contributed by atoms with Crippen molar-refractivity contribution in [2.24, 2.45) is 17.4 Å². The van der Waals surface area contributed by atoms with E-state index < -0.39 is 60.2 Å². The van der Waals surface area contributed by atoms with Crippen molar-refractivity contribution in [3.8, 4) is 0 Å². The molecule has 1 aromatic rings. The number of amides is 3. The van der Waals surface area contributed by atoms with E-state index in [9.17, 15) is 29.1 Å². The molecular formula is C25H39N5O7. The fourth-order valence-corrected chi connectivity index (χ4v) is 3.62.